The summed E-state index contributed by atoms with van der Waals surface area (Å²) in [4.78, 5) is 17.1. The van der Waals surface area contributed by atoms with Gasteiger partial charge in [0.05, 0.1) is 0 Å². The Kier molecular flexibility index (Phi) is 6.96. The molecular weight excluding hydrogens is 317 g/mol. The van der Waals surface area contributed by atoms with Gasteiger partial charge in [0.15, 0.2) is 0 Å². The number of amides is 1. The highest BCUT2D eigenvalue weighted by Gasteiger charge is 2.31. The van der Waals surface area contributed by atoms with E-state index in [0.717, 1.165) is 19.6 Å². The molecule has 1 aliphatic heterocycles. The second-order valence-corrected chi connectivity index (χ2v) is 7.95. The summed E-state index contributed by atoms with van der Waals surface area (Å²) in [6, 6.07) is 5.87. The fourth-order valence-electron chi connectivity index (χ4n) is 3.65. The lowest BCUT2D eigenvalue weighted by molar-refractivity contribution is -0.127. The van der Waals surface area contributed by atoms with Gasteiger partial charge in [0.25, 0.3) is 0 Å². The van der Waals surface area contributed by atoms with Gasteiger partial charge >= 0.3 is 0 Å². The second-order valence-electron chi connectivity index (χ2n) is 7.95. The Morgan fingerprint density at radius 2 is 1.80 bits per heavy atom. The normalized spacial score (nSPS) is 18.0. The molecule has 0 aliphatic carbocycles. The third-order valence-corrected chi connectivity index (χ3v) is 4.74. The zero-order valence-corrected chi connectivity index (χ0v) is 16.0. The molecule has 1 saturated heterocycles. The number of nitrogens with zero attached hydrogens (tertiary/aromatic N) is 2. The van der Waals surface area contributed by atoms with Gasteiger partial charge < -0.3 is 10.2 Å². The van der Waals surface area contributed by atoms with Crippen LogP contribution in [0.4, 0.5) is 4.39 Å². The molecule has 1 amide bonds. The van der Waals surface area contributed by atoms with Crippen molar-refractivity contribution in [3.8, 4) is 0 Å². The van der Waals surface area contributed by atoms with Crippen molar-refractivity contribution in [2.24, 2.45) is 0 Å². The molecule has 0 bridgehead atoms. The van der Waals surface area contributed by atoms with Gasteiger partial charge in [-0.2, -0.15) is 0 Å². The molecule has 1 N–H and O–H groups in total. The maximum absolute atomic E-state index is 14.2. The number of hydrogen-bond acceptors (Lipinski definition) is 3. The number of halogens is 1. The minimum Gasteiger partial charge on any atom is -0.348 e. The van der Waals surface area contributed by atoms with Crippen LogP contribution in [-0.2, 0) is 4.79 Å². The predicted octanol–water partition coefficient (Wildman–Crippen LogP) is 3.20. The van der Waals surface area contributed by atoms with Crippen LogP contribution in [0.5, 0.6) is 0 Å². The fraction of sp³-hybridized carbons (Fsp3) is 0.650. The van der Waals surface area contributed by atoms with Crippen molar-refractivity contribution in [1.29, 1.82) is 0 Å². The zero-order valence-electron chi connectivity index (χ0n) is 16.0. The minimum absolute atomic E-state index is 0.157. The van der Waals surface area contributed by atoms with Crippen LogP contribution in [0, 0.1) is 5.82 Å². The largest absolute Gasteiger partial charge is 0.348 e. The Morgan fingerprint density at radius 3 is 2.36 bits per heavy atom. The topological polar surface area (TPSA) is 35.6 Å². The second kappa shape index (κ2) is 8.77. The first kappa shape index (κ1) is 19.9. The molecular formula is C20H32FN3O. The first-order chi connectivity index (χ1) is 11.8. The molecule has 1 unspecified atom stereocenters. The van der Waals surface area contributed by atoms with E-state index in [0.29, 0.717) is 5.56 Å². The number of carbonyl (C=O) groups excluding carboxylic acids is 1. The number of likely N-dealkylation sites (tertiary alicyclic amines) is 1. The lowest BCUT2D eigenvalue weighted by Gasteiger charge is -2.35. The maximum Gasteiger partial charge on any atom is 0.242 e. The van der Waals surface area contributed by atoms with Gasteiger partial charge in [-0.15, -0.1) is 0 Å². The van der Waals surface area contributed by atoms with Crippen molar-refractivity contribution in [3.05, 3.63) is 35.6 Å². The van der Waals surface area contributed by atoms with E-state index >= 15 is 0 Å². The molecule has 0 saturated carbocycles. The number of rotatable bonds is 6. The Hall–Kier alpha value is -1.46. The van der Waals surface area contributed by atoms with Crippen molar-refractivity contribution in [1.82, 2.24) is 15.1 Å². The van der Waals surface area contributed by atoms with E-state index in [1.54, 1.807) is 37.2 Å². The van der Waals surface area contributed by atoms with Crippen LogP contribution >= 0.6 is 0 Å². The first-order valence-electron chi connectivity index (χ1n) is 9.25. The Morgan fingerprint density at radius 1 is 1.20 bits per heavy atom. The summed E-state index contributed by atoms with van der Waals surface area (Å²) < 4.78 is 14.2. The first-order valence-corrected chi connectivity index (χ1v) is 9.25. The molecule has 1 aromatic rings. The van der Waals surface area contributed by atoms with Crippen molar-refractivity contribution < 1.29 is 9.18 Å². The molecule has 1 aromatic carbocycles. The van der Waals surface area contributed by atoms with Crippen LogP contribution in [-0.4, -0.2) is 55.0 Å². The molecule has 140 valence electrons. The van der Waals surface area contributed by atoms with Crippen LogP contribution < -0.4 is 5.32 Å². The molecule has 5 heteroatoms. The molecule has 0 spiro atoms. The lowest BCUT2D eigenvalue weighted by atomic mass is 10.00. The molecule has 1 heterocycles. The summed E-state index contributed by atoms with van der Waals surface area (Å²) in [5.41, 5.74) is 0.0524. The van der Waals surface area contributed by atoms with Crippen molar-refractivity contribution in [2.75, 3.05) is 33.7 Å². The van der Waals surface area contributed by atoms with Gasteiger partial charge in [0.2, 0.25) is 5.91 Å². The summed E-state index contributed by atoms with van der Waals surface area (Å²) in [5.74, 6) is -0.503. The molecule has 2 rings (SSSR count). The van der Waals surface area contributed by atoms with Gasteiger partial charge in [-0.05, 0) is 59.9 Å². The molecule has 0 radical (unpaired) electrons. The van der Waals surface area contributed by atoms with E-state index in [1.807, 2.05) is 13.8 Å². The Balaban J connectivity index is 2.07. The minimum atomic E-state index is -0.635. The Labute approximate surface area is 151 Å². The smallest absolute Gasteiger partial charge is 0.242 e. The van der Waals surface area contributed by atoms with Crippen LogP contribution in [0.2, 0.25) is 0 Å². The highest BCUT2D eigenvalue weighted by Crippen LogP contribution is 2.23. The third-order valence-electron chi connectivity index (χ3n) is 4.74. The highest BCUT2D eigenvalue weighted by molar-refractivity contribution is 5.83. The summed E-state index contributed by atoms with van der Waals surface area (Å²) in [6.07, 6.45) is 5.03. The van der Waals surface area contributed by atoms with Gasteiger partial charge in [0, 0.05) is 17.6 Å². The van der Waals surface area contributed by atoms with Crippen molar-refractivity contribution in [3.63, 3.8) is 0 Å². The summed E-state index contributed by atoms with van der Waals surface area (Å²) in [7, 11) is 3.61. The van der Waals surface area contributed by atoms with E-state index in [1.165, 1.54) is 31.7 Å². The van der Waals surface area contributed by atoms with E-state index in [9.17, 15) is 9.18 Å². The number of carbonyl (C=O) groups is 1. The van der Waals surface area contributed by atoms with E-state index in [4.69, 9.17) is 0 Å². The van der Waals surface area contributed by atoms with Crippen LogP contribution in [0.25, 0.3) is 0 Å². The molecule has 25 heavy (non-hydrogen) atoms. The number of hydrogen-bond donors (Lipinski definition) is 1. The predicted molar refractivity (Wildman–Crippen MR) is 100.0 cm³/mol. The summed E-state index contributed by atoms with van der Waals surface area (Å²) >= 11 is 0. The summed E-state index contributed by atoms with van der Waals surface area (Å²) in [5, 5.41) is 3.14. The van der Waals surface area contributed by atoms with Crippen LogP contribution in [0.15, 0.2) is 24.3 Å². The molecule has 1 fully saturated rings. The van der Waals surface area contributed by atoms with Crippen molar-refractivity contribution in [2.45, 2.75) is 51.1 Å². The van der Waals surface area contributed by atoms with Crippen LogP contribution in [0.1, 0.15) is 51.1 Å². The van der Waals surface area contributed by atoms with E-state index in [-0.39, 0.29) is 17.3 Å². The fourth-order valence-corrected chi connectivity index (χ4v) is 3.65. The van der Waals surface area contributed by atoms with Gasteiger partial charge in [-0.3, -0.25) is 9.69 Å². The van der Waals surface area contributed by atoms with E-state index in [2.05, 4.69) is 10.2 Å². The summed E-state index contributed by atoms with van der Waals surface area (Å²) in [6.45, 7) is 7.08. The lowest BCUT2D eigenvalue weighted by Crippen LogP contribution is -2.54. The third kappa shape index (κ3) is 5.79. The number of likely N-dealkylation sites (N-methyl/N-ethyl adjacent to an activating group) is 1. The quantitative estimate of drug-likeness (QED) is 0.857. The standard InChI is InChI=1S/C20H32FN3O/c1-20(2,15-24-13-9-5-6-10-14-24)22-19(25)18(23(3)4)16-11-7-8-12-17(16)21/h7-8,11-12,18H,5-6,9-10,13-15H2,1-4H3,(H,22,25). The van der Waals surface area contributed by atoms with Gasteiger partial charge in [0.1, 0.15) is 11.9 Å². The zero-order chi connectivity index (χ0) is 18.4. The SMILES string of the molecule is CN(C)C(C(=O)NC(C)(C)CN1CCCCCC1)c1ccccc1F. The molecule has 4 nitrogen and oxygen atoms in total. The average molecular weight is 349 g/mol. The number of benzene rings is 1. The molecule has 0 aromatic heterocycles. The molecule has 1 aliphatic rings. The van der Waals surface area contributed by atoms with Gasteiger partial charge in [-0.25, -0.2) is 4.39 Å². The highest BCUT2D eigenvalue weighted by atomic mass is 19.1. The van der Waals surface area contributed by atoms with Crippen LogP contribution in [0.3, 0.4) is 0 Å². The monoisotopic (exact) mass is 349 g/mol. The Bertz CT molecular complexity index is 566. The van der Waals surface area contributed by atoms with Gasteiger partial charge in [-0.1, -0.05) is 31.0 Å². The van der Waals surface area contributed by atoms with E-state index < -0.39 is 6.04 Å². The number of nitrogens with one attached hydrogen (secondary N) is 1. The van der Waals surface area contributed by atoms with Crippen molar-refractivity contribution >= 4 is 5.91 Å². The maximum atomic E-state index is 14.2. The molecule has 1 atom stereocenters. The average Bonchev–Trinajstić information content (AvgIpc) is 2.76.